The van der Waals surface area contributed by atoms with Crippen molar-refractivity contribution in [2.75, 3.05) is 5.01 Å². The second-order valence-electron chi connectivity index (χ2n) is 6.24. The maximum Gasteiger partial charge on any atom is 0.352 e. The van der Waals surface area contributed by atoms with E-state index in [0.29, 0.717) is 12.2 Å². The molecule has 0 radical (unpaired) electrons. The van der Waals surface area contributed by atoms with Gasteiger partial charge in [0.2, 0.25) is 0 Å². The van der Waals surface area contributed by atoms with Crippen LogP contribution in [0, 0.1) is 0 Å². The van der Waals surface area contributed by atoms with Gasteiger partial charge in [-0.2, -0.15) is 5.10 Å². The average Bonchev–Trinajstić information content (AvgIpc) is 3.16. The van der Waals surface area contributed by atoms with Gasteiger partial charge in [-0.05, 0) is 42.0 Å². The summed E-state index contributed by atoms with van der Waals surface area (Å²) >= 11 is 0. The third kappa shape index (κ3) is 3.67. The van der Waals surface area contributed by atoms with E-state index in [1.807, 2.05) is 84.9 Å². The van der Waals surface area contributed by atoms with Crippen LogP contribution in [0.4, 0.5) is 5.69 Å². The van der Waals surface area contributed by atoms with Gasteiger partial charge in [-0.1, -0.05) is 48.5 Å². The normalized spacial score (nSPS) is 16.1. The number of carbonyl (C=O) groups is 1. The summed E-state index contributed by atoms with van der Waals surface area (Å²) in [5.74, 6) is 0.491. The van der Waals surface area contributed by atoms with Gasteiger partial charge in [0.15, 0.2) is 0 Å². The van der Waals surface area contributed by atoms with Crippen LogP contribution < -0.4 is 9.75 Å². The van der Waals surface area contributed by atoms with E-state index in [1.54, 1.807) is 5.01 Å². The van der Waals surface area contributed by atoms with E-state index >= 15 is 0 Å². The predicted molar refractivity (Wildman–Crippen MR) is 104 cm³/mol. The van der Waals surface area contributed by atoms with Crippen molar-refractivity contribution in [2.45, 2.75) is 12.5 Å². The Morgan fingerprint density at radius 1 is 0.889 bits per heavy atom. The molecule has 1 aliphatic rings. The quantitative estimate of drug-likeness (QED) is 0.707. The highest BCUT2D eigenvalue weighted by atomic mass is 16.5. The van der Waals surface area contributed by atoms with Gasteiger partial charge in [-0.25, -0.2) is 4.79 Å². The van der Waals surface area contributed by atoms with Crippen molar-refractivity contribution in [1.82, 2.24) is 0 Å². The van der Waals surface area contributed by atoms with Gasteiger partial charge >= 0.3 is 5.97 Å². The summed E-state index contributed by atoms with van der Waals surface area (Å²) in [5.41, 5.74) is 2.01. The van der Waals surface area contributed by atoms with Crippen LogP contribution in [-0.2, 0) is 4.79 Å². The van der Waals surface area contributed by atoms with E-state index in [4.69, 9.17) is 4.74 Å². The van der Waals surface area contributed by atoms with E-state index in [-0.39, 0.29) is 11.8 Å². The molecular weight excluding hydrogens is 340 g/mol. The fourth-order valence-corrected chi connectivity index (χ4v) is 3.10. The Balaban J connectivity index is 1.60. The number of hydrogen-bond acceptors (Lipinski definition) is 4. The van der Waals surface area contributed by atoms with Crippen LogP contribution in [0.5, 0.6) is 11.5 Å². The number of nitrogens with zero attached hydrogens (tertiary/aromatic N) is 2. The van der Waals surface area contributed by atoms with Crippen molar-refractivity contribution in [2.24, 2.45) is 5.10 Å². The van der Waals surface area contributed by atoms with Crippen molar-refractivity contribution < 1.29 is 14.6 Å². The fourth-order valence-electron chi connectivity index (χ4n) is 3.10. The first kappa shape index (κ1) is 16.8. The molecule has 27 heavy (non-hydrogen) atoms. The lowest BCUT2D eigenvalue weighted by atomic mass is 10.0. The number of anilines is 1. The lowest BCUT2D eigenvalue weighted by Crippen LogP contribution is -2.18. The fraction of sp³-hybridized carbons (Fsp3) is 0.0909. The highest BCUT2D eigenvalue weighted by molar-refractivity contribution is 6.36. The summed E-state index contributed by atoms with van der Waals surface area (Å²) in [4.78, 5) is 11.4. The molecule has 1 aliphatic heterocycles. The smallest absolute Gasteiger partial charge is 0.352 e. The molecule has 3 aromatic carbocycles. The molecular formula is C22H18N2O3. The summed E-state index contributed by atoms with van der Waals surface area (Å²) in [6.45, 7) is 0. The van der Waals surface area contributed by atoms with Gasteiger partial charge in [0.1, 0.15) is 17.2 Å². The number of benzene rings is 3. The van der Waals surface area contributed by atoms with E-state index in [0.717, 1.165) is 17.0 Å². The summed E-state index contributed by atoms with van der Waals surface area (Å²) in [6.07, 6.45) is 0.363. The standard InChI is InChI=1S/C22H18N2O3/c25-22(26)20-15-21(16-7-3-1-4-8-16)24(23-20)17-11-13-19(14-12-17)27-18-9-5-2-6-10-18/h1-14,21H,15H2,(H,25,26)/t21-/m0/s1. The van der Waals surface area contributed by atoms with Crippen molar-refractivity contribution >= 4 is 17.4 Å². The molecule has 0 amide bonds. The van der Waals surface area contributed by atoms with Gasteiger partial charge in [0, 0.05) is 6.42 Å². The molecule has 0 aromatic heterocycles. The Labute approximate surface area is 157 Å². The number of carboxylic acid groups (broad SMARTS) is 1. The monoisotopic (exact) mass is 358 g/mol. The molecule has 0 saturated heterocycles. The first-order valence-corrected chi connectivity index (χ1v) is 8.68. The van der Waals surface area contributed by atoms with E-state index in [2.05, 4.69) is 5.10 Å². The molecule has 5 heteroatoms. The average molecular weight is 358 g/mol. The lowest BCUT2D eigenvalue weighted by molar-refractivity contribution is -0.129. The zero-order valence-corrected chi connectivity index (χ0v) is 14.5. The lowest BCUT2D eigenvalue weighted by Gasteiger charge is -2.24. The summed E-state index contributed by atoms with van der Waals surface area (Å²) < 4.78 is 5.82. The molecule has 0 aliphatic carbocycles. The molecule has 1 heterocycles. The van der Waals surface area contributed by atoms with E-state index in [1.165, 1.54) is 0 Å². The molecule has 0 saturated carbocycles. The summed E-state index contributed by atoms with van der Waals surface area (Å²) in [6, 6.07) is 26.7. The second kappa shape index (κ2) is 7.33. The minimum absolute atomic E-state index is 0.141. The summed E-state index contributed by atoms with van der Waals surface area (Å²) in [7, 11) is 0. The van der Waals surface area contributed by atoms with Crippen LogP contribution in [0.3, 0.4) is 0 Å². The third-order valence-corrected chi connectivity index (χ3v) is 4.42. The molecule has 5 nitrogen and oxygen atoms in total. The van der Waals surface area contributed by atoms with Crippen molar-refractivity contribution in [3.8, 4) is 11.5 Å². The van der Waals surface area contributed by atoms with Gasteiger partial charge in [-0.15, -0.1) is 0 Å². The van der Waals surface area contributed by atoms with Crippen LogP contribution in [0.15, 0.2) is 90.0 Å². The maximum atomic E-state index is 11.4. The number of hydrogen-bond donors (Lipinski definition) is 1. The molecule has 1 N–H and O–H groups in total. The van der Waals surface area contributed by atoms with Crippen LogP contribution >= 0.6 is 0 Å². The number of para-hydroxylation sites is 1. The minimum atomic E-state index is -0.984. The van der Waals surface area contributed by atoms with Gasteiger partial charge in [0.25, 0.3) is 0 Å². The molecule has 0 fully saturated rings. The van der Waals surface area contributed by atoms with Gasteiger partial charge < -0.3 is 9.84 Å². The third-order valence-electron chi connectivity index (χ3n) is 4.42. The Kier molecular flexibility index (Phi) is 4.58. The summed E-state index contributed by atoms with van der Waals surface area (Å²) in [5, 5.41) is 15.5. The predicted octanol–water partition coefficient (Wildman–Crippen LogP) is 4.87. The van der Waals surface area contributed by atoms with Crippen LogP contribution in [0.2, 0.25) is 0 Å². The van der Waals surface area contributed by atoms with E-state index in [9.17, 15) is 9.90 Å². The zero-order chi connectivity index (χ0) is 18.6. The molecule has 134 valence electrons. The first-order chi connectivity index (χ1) is 13.2. The van der Waals surface area contributed by atoms with Gasteiger partial charge in [0.05, 0.1) is 11.7 Å². The molecule has 0 bridgehead atoms. The number of ether oxygens (including phenoxy) is 1. The largest absolute Gasteiger partial charge is 0.477 e. The highest BCUT2D eigenvalue weighted by Crippen LogP contribution is 2.36. The zero-order valence-electron chi connectivity index (χ0n) is 14.5. The first-order valence-electron chi connectivity index (χ1n) is 8.68. The number of hydrazone groups is 1. The topological polar surface area (TPSA) is 62.1 Å². The number of aliphatic carboxylic acids is 1. The van der Waals surface area contributed by atoms with E-state index < -0.39 is 5.97 Å². The Morgan fingerprint density at radius 2 is 1.48 bits per heavy atom. The Morgan fingerprint density at radius 3 is 2.11 bits per heavy atom. The van der Waals surface area contributed by atoms with Crippen LogP contribution in [0.1, 0.15) is 18.0 Å². The molecule has 0 spiro atoms. The van der Waals surface area contributed by atoms with Crippen molar-refractivity contribution in [3.63, 3.8) is 0 Å². The van der Waals surface area contributed by atoms with Crippen molar-refractivity contribution in [1.29, 1.82) is 0 Å². The molecule has 4 rings (SSSR count). The van der Waals surface area contributed by atoms with Crippen LogP contribution in [-0.4, -0.2) is 16.8 Å². The molecule has 3 aromatic rings. The van der Waals surface area contributed by atoms with Crippen molar-refractivity contribution in [3.05, 3.63) is 90.5 Å². The molecule has 0 unspecified atom stereocenters. The number of carboxylic acids is 1. The maximum absolute atomic E-state index is 11.4. The van der Waals surface area contributed by atoms with Crippen LogP contribution in [0.25, 0.3) is 0 Å². The minimum Gasteiger partial charge on any atom is -0.477 e. The Bertz CT molecular complexity index is 954. The highest BCUT2D eigenvalue weighted by Gasteiger charge is 2.32. The molecule has 1 atom stereocenters. The van der Waals surface area contributed by atoms with Gasteiger partial charge in [-0.3, -0.25) is 5.01 Å². The SMILES string of the molecule is O=C(O)C1=NN(c2ccc(Oc3ccccc3)cc2)[C@H](c2ccccc2)C1. The Hall–Kier alpha value is -3.60. The second-order valence-corrected chi connectivity index (χ2v) is 6.24. The number of rotatable bonds is 5.